The van der Waals surface area contributed by atoms with Gasteiger partial charge in [-0.2, -0.15) is 0 Å². The molecule has 3 N–H and O–H groups in total. The Hall–Kier alpha value is -1.94. The molecule has 0 heterocycles. The van der Waals surface area contributed by atoms with Crippen LogP contribution in [0.2, 0.25) is 0 Å². The molecule has 0 radical (unpaired) electrons. The maximum absolute atomic E-state index is 13.0. The van der Waals surface area contributed by atoms with Gasteiger partial charge in [-0.15, -0.1) is 0 Å². The van der Waals surface area contributed by atoms with Gasteiger partial charge in [-0.1, -0.05) is 305 Å². The Morgan fingerprint density at radius 2 is 0.517 bits per heavy atom. The first-order valence-corrected chi connectivity index (χ1v) is 39.5. The minimum Gasteiger partial charge on any atom is -0.462 e. The molecule has 0 amide bonds. The molecule has 0 bridgehead atoms. The molecule has 0 aliphatic heterocycles. The first kappa shape index (κ1) is 87.1. The van der Waals surface area contributed by atoms with E-state index in [1.54, 1.807) is 0 Å². The number of aliphatic hydroxyl groups is 1. The summed E-state index contributed by atoms with van der Waals surface area (Å²) in [6, 6.07) is 0. The van der Waals surface area contributed by atoms with E-state index in [-0.39, 0.29) is 25.7 Å². The van der Waals surface area contributed by atoms with Crippen molar-refractivity contribution >= 4 is 39.5 Å². The van der Waals surface area contributed by atoms with Gasteiger partial charge in [0.25, 0.3) is 0 Å². The number of carbonyl (C=O) groups excluding carboxylic acids is 4. The molecular weight excluding hydrogens is 1170 g/mol. The normalized spacial score (nSPS) is 14.1. The van der Waals surface area contributed by atoms with Gasteiger partial charge >= 0.3 is 39.5 Å². The zero-order valence-corrected chi connectivity index (χ0v) is 59.5. The van der Waals surface area contributed by atoms with Crippen LogP contribution >= 0.6 is 15.6 Å². The Bertz CT molecular complexity index is 1730. The number of rotatable bonds is 69. The van der Waals surface area contributed by atoms with Crippen molar-refractivity contribution in [1.29, 1.82) is 0 Å². The summed E-state index contributed by atoms with van der Waals surface area (Å²) in [4.78, 5) is 72.4. The standard InChI is InChI=1S/C70H136O17P2/c1-7-9-11-13-15-16-17-24-30-36-42-48-54-69(74)86-65(58-80-67(72)52-46-40-32-14-12-10-8-2)60-84-88(76,77)82-56-64(71)57-83-89(78,79)85-61-66(59-81-68(73)53-47-41-35-29-26-21-23-28-34-39-45-51-63(5)6)87-70(75)55-49-43-37-31-25-20-18-19-22-27-33-38-44-50-62(3)4/h62-66,71H,7-61H2,1-6H3,(H,76,77)(H,78,79)/t64-,65+,66+/m0/s1. The first-order chi connectivity index (χ1) is 42.9. The van der Waals surface area contributed by atoms with Crippen molar-refractivity contribution in [3.8, 4) is 0 Å². The van der Waals surface area contributed by atoms with Gasteiger partial charge in [0.1, 0.15) is 19.3 Å². The van der Waals surface area contributed by atoms with E-state index in [0.717, 1.165) is 115 Å². The number of hydrogen-bond donors (Lipinski definition) is 3. The van der Waals surface area contributed by atoms with Crippen molar-refractivity contribution in [2.24, 2.45) is 11.8 Å². The molecule has 0 aliphatic carbocycles. The van der Waals surface area contributed by atoms with Crippen LogP contribution in [0.15, 0.2) is 0 Å². The van der Waals surface area contributed by atoms with Gasteiger partial charge in [0.2, 0.25) is 0 Å². The fourth-order valence-corrected chi connectivity index (χ4v) is 12.2. The number of phosphoric ester groups is 2. The van der Waals surface area contributed by atoms with Crippen molar-refractivity contribution in [2.75, 3.05) is 39.6 Å². The predicted molar refractivity (Wildman–Crippen MR) is 358 cm³/mol. The summed E-state index contributed by atoms with van der Waals surface area (Å²) in [5, 5.41) is 10.6. The Balaban J connectivity index is 5.21. The number of esters is 4. The summed E-state index contributed by atoms with van der Waals surface area (Å²) >= 11 is 0. The molecule has 89 heavy (non-hydrogen) atoms. The molecule has 0 aliphatic rings. The molecular formula is C70H136O17P2. The second-order valence-electron chi connectivity index (χ2n) is 26.2. The first-order valence-electron chi connectivity index (χ1n) is 36.5. The lowest BCUT2D eigenvalue weighted by molar-refractivity contribution is -0.161. The van der Waals surface area contributed by atoms with Gasteiger partial charge in [0, 0.05) is 25.7 Å². The van der Waals surface area contributed by atoms with Crippen LogP contribution in [0.1, 0.15) is 356 Å². The van der Waals surface area contributed by atoms with Crippen molar-refractivity contribution in [3.63, 3.8) is 0 Å². The van der Waals surface area contributed by atoms with E-state index in [4.69, 9.17) is 37.0 Å². The van der Waals surface area contributed by atoms with E-state index in [1.807, 2.05) is 0 Å². The molecule has 2 unspecified atom stereocenters. The highest BCUT2D eigenvalue weighted by atomic mass is 31.2. The van der Waals surface area contributed by atoms with Crippen molar-refractivity contribution in [1.82, 2.24) is 0 Å². The van der Waals surface area contributed by atoms with Crippen LogP contribution in [0.25, 0.3) is 0 Å². The Kier molecular flexibility index (Phi) is 60.8. The summed E-state index contributed by atoms with van der Waals surface area (Å²) in [7, 11) is -9.89. The van der Waals surface area contributed by atoms with Crippen LogP contribution in [0, 0.1) is 11.8 Å². The number of unbranched alkanes of at least 4 members (excludes halogenated alkanes) is 39. The van der Waals surface area contributed by atoms with E-state index < -0.39 is 97.5 Å². The lowest BCUT2D eigenvalue weighted by Gasteiger charge is -2.21. The molecule has 17 nitrogen and oxygen atoms in total. The van der Waals surface area contributed by atoms with Crippen LogP contribution in [0.5, 0.6) is 0 Å². The van der Waals surface area contributed by atoms with Crippen LogP contribution in [-0.2, 0) is 65.4 Å². The highest BCUT2D eigenvalue weighted by Gasteiger charge is 2.30. The third kappa shape index (κ3) is 64.6. The molecule has 0 saturated carbocycles. The predicted octanol–water partition coefficient (Wildman–Crippen LogP) is 20.0. The van der Waals surface area contributed by atoms with Crippen LogP contribution in [0.4, 0.5) is 0 Å². The molecule has 0 rings (SSSR count). The summed E-state index contributed by atoms with van der Waals surface area (Å²) in [5.41, 5.74) is 0. The van der Waals surface area contributed by atoms with Crippen molar-refractivity contribution in [2.45, 2.75) is 374 Å². The van der Waals surface area contributed by atoms with E-state index in [1.165, 1.54) is 161 Å². The molecule has 0 aromatic heterocycles. The SMILES string of the molecule is CCCCCCCCCCCCCCC(=O)O[C@H](COC(=O)CCCCCCCCC)COP(=O)(O)OC[C@H](O)COP(=O)(O)OC[C@@H](COC(=O)CCCCCCCCCCCCCC(C)C)OC(=O)CCCCCCCCCCCCCCCC(C)C. The summed E-state index contributed by atoms with van der Waals surface area (Å²) in [6.45, 7) is 9.53. The molecule has 0 fully saturated rings. The number of carbonyl (C=O) groups is 4. The number of aliphatic hydroxyl groups excluding tert-OH is 1. The van der Waals surface area contributed by atoms with Gasteiger partial charge in [0.05, 0.1) is 26.4 Å². The van der Waals surface area contributed by atoms with Crippen LogP contribution in [-0.4, -0.2) is 96.7 Å². The molecule has 19 heteroatoms. The summed E-state index contributed by atoms with van der Waals surface area (Å²) < 4.78 is 68.2. The summed E-state index contributed by atoms with van der Waals surface area (Å²) in [6.07, 6.45) is 47.2. The Morgan fingerprint density at radius 1 is 0.303 bits per heavy atom. The lowest BCUT2D eigenvalue weighted by atomic mass is 10.0. The van der Waals surface area contributed by atoms with E-state index in [2.05, 4.69) is 41.5 Å². The topological polar surface area (TPSA) is 237 Å². The number of ether oxygens (including phenoxy) is 4. The quantitative estimate of drug-likeness (QED) is 0.0222. The van der Waals surface area contributed by atoms with E-state index in [9.17, 15) is 43.2 Å². The van der Waals surface area contributed by atoms with Gasteiger partial charge in [-0.25, -0.2) is 9.13 Å². The van der Waals surface area contributed by atoms with Gasteiger partial charge in [-0.3, -0.25) is 37.3 Å². The molecule has 0 spiro atoms. The van der Waals surface area contributed by atoms with E-state index in [0.29, 0.717) is 25.7 Å². The summed E-state index contributed by atoms with van der Waals surface area (Å²) in [5.74, 6) is -0.569. The van der Waals surface area contributed by atoms with E-state index >= 15 is 0 Å². The lowest BCUT2D eigenvalue weighted by Crippen LogP contribution is -2.30. The average molecular weight is 1310 g/mol. The van der Waals surface area contributed by atoms with Crippen molar-refractivity contribution < 1.29 is 80.2 Å². The van der Waals surface area contributed by atoms with Crippen LogP contribution < -0.4 is 0 Å². The molecule has 0 aromatic carbocycles. The molecule has 0 saturated heterocycles. The fraction of sp³-hybridized carbons (Fsp3) is 0.943. The second kappa shape index (κ2) is 62.2. The zero-order valence-electron chi connectivity index (χ0n) is 57.7. The van der Waals surface area contributed by atoms with Crippen molar-refractivity contribution in [3.05, 3.63) is 0 Å². The highest BCUT2D eigenvalue weighted by molar-refractivity contribution is 7.47. The average Bonchev–Trinajstić information content (AvgIpc) is 3.55. The minimum absolute atomic E-state index is 0.107. The zero-order chi connectivity index (χ0) is 65.7. The molecule has 528 valence electrons. The Labute approximate surface area is 543 Å². The third-order valence-corrected chi connectivity index (χ3v) is 18.1. The maximum atomic E-state index is 13.0. The minimum atomic E-state index is -4.95. The third-order valence-electron chi connectivity index (χ3n) is 16.2. The Morgan fingerprint density at radius 3 is 0.764 bits per heavy atom. The van der Waals surface area contributed by atoms with Gasteiger partial charge < -0.3 is 33.8 Å². The number of hydrogen-bond acceptors (Lipinski definition) is 15. The van der Waals surface area contributed by atoms with Crippen LogP contribution in [0.3, 0.4) is 0 Å². The van der Waals surface area contributed by atoms with Gasteiger partial charge in [0.15, 0.2) is 12.2 Å². The largest absolute Gasteiger partial charge is 0.472 e. The monoisotopic (exact) mass is 1310 g/mol. The molecule has 0 aromatic rings. The maximum Gasteiger partial charge on any atom is 0.472 e. The fourth-order valence-electron chi connectivity index (χ4n) is 10.6. The number of phosphoric acid groups is 2. The second-order valence-corrected chi connectivity index (χ2v) is 29.1. The molecule has 5 atom stereocenters. The smallest absolute Gasteiger partial charge is 0.462 e. The highest BCUT2D eigenvalue weighted by Crippen LogP contribution is 2.45. The van der Waals surface area contributed by atoms with Gasteiger partial charge in [-0.05, 0) is 37.5 Å².